The smallest absolute Gasteiger partial charge is 0.373 e. The Morgan fingerprint density at radius 2 is 0.800 bits per heavy atom. The largest absolute Gasteiger partial charge is 0.515 e. The lowest BCUT2D eigenvalue weighted by atomic mass is 9.90. The first-order chi connectivity index (χ1) is 14.5. The summed E-state index contributed by atoms with van der Waals surface area (Å²) in [5, 5.41) is 7.43. The maximum Gasteiger partial charge on any atom is 0.515 e. The molecule has 2 atom stereocenters. The average molecular weight is 467 g/mol. The monoisotopic (exact) mass is 466 g/mol. The van der Waals surface area contributed by atoms with E-state index in [1.807, 2.05) is 41.5 Å². The van der Waals surface area contributed by atoms with Crippen LogP contribution >= 0.6 is 0 Å². The van der Waals surface area contributed by atoms with Crippen molar-refractivity contribution in [1.29, 1.82) is 0 Å². The Labute approximate surface area is 186 Å². The first-order valence-corrected chi connectivity index (χ1v) is 15.7. The molecule has 0 aromatic rings. The fraction of sp³-hybridized carbons (Fsp3) is 1.00. The van der Waals surface area contributed by atoms with E-state index in [0.717, 1.165) is 12.8 Å². The van der Waals surface area contributed by atoms with Crippen molar-refractivity contribution in [1.82, 2.24) is 10.6 Å². The predicted octanol–water partition coefficient (Wildman–Crippen LogP) is 2.65. The molecule has 0 aromatic carbocycles. The van der Waals surface area contributed by atoms with Crippen LogP contribution in [0.3, 0.4) is 0 Å². The molecule has 0 heterocycles. The van der Waals surface area contributed by atoms with Crippen molar-refractivity contribution in [2.75, 3.05) is 52.0 Å². The predicted molar refractivity (Wildman–Crippen MR) is 123 cm³/mol. The zero-order chi connectivity index (χ0) is 22.3. The summed E-state index contributed by atoms with van der Waals surface area (Å²) in [7, 11) is -5.42. The van der Waals surface area contributed by atoms with Crippen molar-refractivity contribution in [3.05, 3.63) is 0 Å². The summed E-state index contributed by atoms with van der Waals surface area (Å²) >= 11 is 0. The van der Waals surface area contributed by atoms with Crippen LogP contribution in [0.15, 0.2) is 0 Å². The molecular weight excluding hydrogens is 420 g/mol. The van der Waals surface area contributed by atoms with Gasteiger partial charge in [-0.15, -0.1) is 0 Å². The van der Waals surface area contributed by atoms with Gasteiger partial charge in [0.15, 0.2) is 0 Å². The number of nitrogens with one attached hydrogen (secondary N) is 2. The fourth-order valence-corrected chi connectivity index (χ4v) is 8.78. The summed E-state index contributed by atoms with van der Waals surface area (Å²) in [5.74, 6) is 0. The van der Waals surface area contributed by atoms with Gasteiger partial charge < -0.3 is 37.2 Å². The topological polar surface area (TPSA) is 79.4 Å². The van der Waals surface area contributed by atoms with Gasteiger partial charge in [-0.1, -0.05) is 12.8 Å². The fourth-order valence-electron chi connectivity index (χ4n) is 4.01. The van der Waals surface area contributed by atoms with Gasteiger partial charge in [0, 0.05) is 51.7 Å². The molecule has 1 aliphatic carbocycles. The van der Waals surface area contributed by atoms with Gasteiger partial charge in [0.1, 0.15) is 0 Å². The maximum absolute atomic E-state index is 6.01. The minimum atomic E-state index is -2.71. The highest BCUT2D eigenvalue weighted by atomic mass is 28.4. The van der Waals surface area contributed by atoms with Crippen LogP contribution < -0.4 is 10.6 Å². The van der Waals surface area contributed by atoms with Crippen LogP contribution in [0.5, 0.6) is 0 Å². The van der Waals surface area contributed by atoms with Crippen LogP contribution in [0.1, 0.15) is 67.2 Å². The second-order valence-corrected chi connectivity index (χ2v) is 12.4. The van der Waals surface area contributed by atoms with E-state index in [4.69, 9.17) is 26.6 Å². The van der Waals surface area contributed by atoms with E-state index in [1.54, 1.807) is 0 Å². The lowest BCUT2D eigenvalue weighted by molar-refractivity contribution is 0.0645. The molecule has 8 nitrogen and oxygen atoms in total. The van der Waals surface area contributed by atoms with Gasteiger partial charge in [-0.05, 0) is 54.4 Å². The quantitative estimate of drug-likeness (QED) is 0.299. The Morgan fingerprint density at radius 1 is 0.533 bits per heavy atom. The molecule has 0 radical (unpaired) electrons. The molecule has 1 rings (SSSR count). The second-order valence-electron chi connectivity index (χ2n) is 7.22. The van der Waals surface area contributed by atoms with Crippen LogP contribution in [-0.4, -0.2) is 81.7 Å². The van der Waals surface area contributed by atoms with Crippen molar-refractivity contribution in [2.45, 2.75) is 79.3 Å². The van der Waals surface area contributed by atoms with Crippen LogP contribution in [0.4, 0.5) is 0 Å². The zero-order valence-electron chi connectivity index (χ0n) is 20.1. The summed E-state index contributed by atoms with van der Waals surface area (Å²) in [5.41, 5.74) is 0. The maximum atomic E-state index is 6.01. The van der Waals surface area contributed by atoms with E-state index in [1.165, 1.54) is 12.8 Å². The molecular formula is C20H46N2O6Si2. The normalized spacial score (nSPS) is 20.6. The zero-order valence-corrected chi connectivity index (χ0v) is 22.1. The molecule has 1 aliphatic rings. The van der Waals surface area contributed by atoms with E-state index in [-0.39, 0.29) is 0 Å². The minimum absolute atomic E-state index is 0.323. The first-order valence-electron chi connectivity index (χ1n) is 11.8. The summed E-state index contributed by atoms with van der Waals surface area (Å²) < 4.78 is 36.0. The molecule has 0 unspecified atom stereocenters. The van der Waals surface area contributed by atoms with Crippen molar-refractivity contribution in [3.8, 4) is 0 Å². The minimum Gasteiger partial charge on any atom is -0.373 e. The van der Waals surface area contributed by atoms with Gasteiger partial charge in [-0.3, -0.25) is 0 Å². The van der Waals surface area contributed by atoms with Crippen molar-refractivity contribution in [2.24, 2.45) is 0 Å². The third-order valence-corrected chi connectivity index (χ3v) is 10.8. The van der Waals surface area contributed by atoms with Gasteiger partial charge in [0.25, 0.3) is 0 Å². The van der Waals surface area contributed by atoms with Crippen molar-refractivity contribution in [3.63, 3.8) is 0 Å². The summed E-state index contributed by atoms with van der Waals surface area (Å²) in [4.78, 5) is 0. The van der Waals surface area contributed by atoms with E-state index < -0.39 is 17.6 Å². The number of hydrogen-bond donors (Lipinski definition) is 2. The Hall–Kier alpha value is 0.114. The highest BCUT2D eigenvalue weighted by Gasteiger charge is 2.44. The molecule has 0 spiro atoms. The molecule has 0 aliphatic heterocycles. The molecule has 10 heteroatoms. The van der Waals surface area contributed by atoms with Crippen LogP contribution in [0, 0.1) is 0 Å². The third-order valence-electron chi connectivity index (χ3n) is 5.11. The van der Waals surface area contributed by atoms with Crippen LogP contribution in [0.25, 0.3) is 0 Å². The van der Waals surface area contributed by atoms with E-state index in [9.17, 15) is 0 Å². The van der Waals surface area contributed by atoms with Gasteiger partial charge in [-0.2, -0.15) is 0 Å². The lowest BCUT2D eigenvalue weighted by Gasteiger charge is -2.37. The van der Waals surface area contributed by atoms with Gasteiger partial charge in [-0.25, -0.2) is 0 Å². The summed E-state index contributed by atoms with van der Waals surface area (Å²) in [6.07, 6.45) is 5.89. The molecule has 0 saturated heterocycles. The Kier molecular flexibility index (Phi) is 14.9. The number of rotatable bonds is 18. The molecule has 1 fully saturated rings. The Bertz CT molecular complexity index is 364. The lowest BCUT2D eigenvalue weighted by Crippen LogP contribution is -2.62. The van der Waals surface area contributed by atoms with Gasteiger partial charge in [0.2, 0.25) is 0 Å². The van der Waals surface area contributed by atoms with E-state index >= 15 is 0 Å². The summed E-state index contributed by atoms with van der Waals surface area (Å²) in [6, 6.07) is 0.646. The number of hydrogen-bond acceptors (Lipinski definition) is 8. The highest BCUT2D eigenvalue weighted by Crippen LogP contribution is 2.21. The van der Waals surface area contributed by atoms with Crippen LogP contribution in [-0.2, 0) is 26.6 Å². The Morgan fingerprint density at radius 3 is 1.03 bits per heavy atom. The molecule has 1 saturated carbocycles. The van der Waals surface area contributed by atoms with E-state index in [0.29, 0.717) is 64.1 Å². The highest BCUT2D eigenvalue weighted by molar-refractivity contribution is 6.61. The summed E-state index contributed by atoms with van der Waals surface area (Å²) in [6.45, 7) is 15.5. The molecule has 0 aromatic heterocycles. The molecule has 2 N–H and O–H groups in total. The molecule has 0 amide bonds. The average Bonchev–Trinajstić information content (AvgIpc) is 2.73. The van der Waals surface area contributed by atoms with E-state index in [2.05, 4.69) is 10.6 Å². The molecule has 180 valence electrons. The second kappa shape index (κ2) is 15.8. The molecule has 30 heavy (non-hydrogen) atoms. The van der Waals surface area contributed by atoms with Crippen molar-refractivity contribution < 1.29 is 26.6 Å². The van der Waals surface area contributed by atoms with Crippen LogP contribution in [0.2, 0.25) is 0 Å². The third kappa shape index (κ3) is 9.31. The van der Waals surface area contributed by atoms with Gasteiger partial charge >= 0.3 is 17.6 Å². The molecule has 0 bridgehead atoms. The van der Waals surface area contributed by atoms with Gasteiger partial charge in [0.05, 0.1) is 12.3 Å². The van der Waals surface area contributed by atoms with Crippen molar-refractivity contribution >= 4 is 17.6 Å². The standard InChI is InChI=1S/C20H46N2O6Si2/c1-7-23-29(24-8-2,25-9-3)17-21-19-15-13-14-16-20(19)22-18-30(26-10-4,27-11-5)28-12-6/h19-22H,7-18H2,1-6H3/t19-,20-/m1/s1. The first kappa shape index (κ1) is 28.1. The SMILES string of the molecule is CCO[Si](CN[C@@H]1CCCC[C@H]1NC[Si](OCC)(OCC)OCC)(OCC)OCC. The Balaban J connectivity index is 2.78.